The lowest BCUT2D eigenvalue weighted by molar-refractivity contribution is 0.569. The fourth-order valence-electron chi connectivity index (χ4n) is 1.84. The summed E-state index contributed by atoms with van der Waals surface area (Å²) < 4.78 is 14.0. The van der Waals surface area contributed by atoms with Crippen LogP contribution >= 0.6 is 15.9 Å². The Morgan fingerprint density at radius 1 is 1.17 bits per heavy atom. The number of halogens is 2. The Balaban J connectivity index is 1.99. The van der Waals surface area contributed by atoms with Gasteiger partial charge in [-0.05, 0) is 36.2 Å². The van der Waals surface area contributed by atoms with E-state index in [9.17, 15) is 4.39 Å². The molecule has 0 aliphatic rings. The highest BCUT2D eigenvalue weighted by Gasteiger charge is 2.05. The SMILES string of the molecule is C[C@@H](NCc1cc(F)cc(Br)c1)c1ccccc1. The molecule has 2 aromatic rings. The Hall–Kier alpha value is -1.19. The molecule has 94 valence electrons. The number of hydrogen-bond acceptors (Lipinski definition) is 1. The fraction of sp³-hybridized carbons (Fsp3) is 0.200. The lowest BCUT2D eigenvalue weighted by atomic mass is 10.1. The van der Waals surface area contributed by atoms with Crippen molar-refractivity contribution in [2.75, 3.05) is 0 Å². The van der Waals surface area contributed by atoms with Gasteiger partial charge >= 0.3 is 0 Å². The van der Waals surface area contributed by atoms with Crippen molar-refractivity contribution in [2.45, 2.75) is 19.5 Å². The third kappa shape index (κ3) is 3.65. The van der Waals surface area contributed by atoms with Gasteiger partial charge in [-0.25, -0.2) is 4.39 Å². The molecular weight excluding hydrogens is 293 g/mol. The lowest BCUT2D eigenvalue weighted by Crippen LogP contribution is -2.18. The second kappa shape index (κ2) is 6.12. The van der Waals surface area contributed by atoms with Crippen LogP contribution in [0.1, 0.15) is 24.1 Å². The molecule has 0 radical (unpaired) electrons. The summed E-state index contributed by atoms with van der Waals surface area (Å²) in [6.07, 6.45) is 0. The molecule has 0 aromatic heterocycles. The zero-order valence-electron chi connectivity index (χ0n) is 10.2. The van der Waals surface area contributed by atoms with Crippen molar-refractivity contribution in [2.24, 2.45) is 0 Å². The summed E-state index contributed by atoms with van der Waals surface area (Å²) in [6.45, 7) is 2.75. The highest BCUT2D eigenvalue weighted by molar-refractivity contribution is 9.10. The average Bonchev–Trinajstić information content (AvgIpc) is 2.36. The van der Waals surface area contributed by atoms with Crippen LogP contribution in [0.25, 0.3) is 0 Å². The summed E-state index contributed by atoms with van der Waals surface area (Å²) in [4.78, 5) is 0. The maximum Gasteiger partial charge on any atom is 0.124 e. The summed E-state index contributed by atoms with van der Waals surface area (Å²) in [5, 5.41) is 3.38. The molecule has 0 unspecified atom stereocenters. The van der Waals surface area contributed by atoms with Gasteiger partial charge < -0.3 is 5.32 Å². The molecule has 3 heteroatoms. The number of benzene rings is 2. The van der Waals surface area contributed by atoms with Crippen LogP contribution in [0.2, 0.25) is 0 Å². The Morgan fingerprint density at radius 2 is 1.89 bits per heavy atom. The van der Waals surface area contributed by atoms with E-state index in [1.165, 1.54) is 11.6 Å². The van der Waals surface area contributed by atoms with E-state index in [1.807, 2.05) is 24.3 Å². The second-order valence-electron chi connectivity index (χ2n) is 4.29. The lowest BCUT2D eigenvalue weighted by Gasteiger charge is -2.14. The van der Waals surface area contributed by atoms with Crippen LogP contribution in [0.3, 0.4) is 0 Å². The van der Waals surface area contributed by atoms with Crippen molar-refractivity contribution in [3.8, 4) is 0 Å². The summed E-state index contributed by atoms with van der Waals surface area (Å²) in [6, 6.07) is 15.4. The van der Waals surface area contributed by atoms with Crippen molar-refractivity contribution < 1.29 is 4.39 Å². The zero-order chi connectivity index (χ0) is 13.0. The number of rotatable bonds is 4. The predicted octanol–water partition coefficient (Wildman–Crippen LogP) is 4.44. The first kappa shape index (κ1) is 13.2. The highest BCUT2D eigenvalue weighted by Crippen LogP contribution is 2.16. The molecule has 0 aliphatic heterocycles. The van der Waals surface area contributed by atoms with E-state index in [2.05, 4.69) is 40.3 Å². The normalized spacial score (nSPS) is 12.4. The molecule has 0 saturated carbocycles. The van der Waals surface area contributed by atoms with Gasteiger partial charge in [0, 0.05) is 17.1 Å². The topological polar surface area (TPSA) is 12.0 Å². The third-order valence-corrected chi connectivity index (χ3v) is 3.29. The van der Waals surface area contributed by atoms with Crippen LogP contribution in [0.15, 0.2) is 53.0 Å². The molecule has 1 atom stereocenters. The minimum absolute atomic E-state index is 0.214. The van der Waals surface area contributed by atoms with Crippen molar-refractivity contribution in [1.29, 1.82) is 0 Å². The van der Waals surface area contributed by atoms with E-state index >= 15 is 0 Å². The molecule has 0 bridgehead atoms. The van der Waals surface area contributed by atoms with Crippen molar-refractivity contribution in [3.63, 3.8) is 0 Å². The molecule has 0 heterocycles. The van der Waals surface area contributed by atoms with E-state index in [-0.39, 0.29) is 11.9 Å². The van der Waals surface area contributed by atoms with Gasteiger partial charge in [0.05, 0.1) is 0 Å². The van der Waals surface area contributed by atoms with Gasteiger partial charge in [0.2, 0.25) is 0 Å². The van der Waals surface area contributed by atoms with Crippen LogP contribution in [0, 0.1) is 5.82 Å². The summed E-state index contributed by atoms with van der Waals surface area (Å²) >= 11 is 3.30. The Kier molecular flexibility index (Phi) is 4.50. The van der Waals surface area contributed by atoms with E-state index < -0.39 is 0 Å². The molecule has 0 aliphatic carbocycles. The Bertz CT molecular complexity index is 493. The first-order valence-corrected chi connectivity index (χ1v) is 6.68. The molecule has 0 amide bonds. The van der Waals surface area contributed by atoms with Crippen LogP contribution in [0.4, 0.5) is 4.39 Å². The standard InChI is InChI=1S/C15H15BrFN/c1-11(13-5-3-2-4-6-13)18-10-12-7-14(16)9-15(17)8-12/h2-9,11,18H,10H2,1H3/t11-/m1/s1. The summed E-state index contributed by atoms with van der Waals surface area (Å²) in [5.41, 5.74) is 2.16. The van der Waals surface area contributed by atoms with E-state index in [0.29, 0.717) is 6.54 Å². The van der Waals surface area contributed by atoms with Gasteiger partial charge in [0.15, 0.2) is 0 Å². The van der Waals surface area contributed by atoms with Crippen LogP contribution in [0.5, 0.6) is 0 Å². The van der Waals surface area contributed by atoms with E-state index in [1.54, 1.807) is 6.07 Å². The monoisotopic (exact) mass is 307 g/mol. The van der Waals surface area contributed by atoms with Gasteiger partial charge in [-0.1, -0.05) is 46.3 Å². The van der Waals surface area contributed by atoms with Gasteiger partial charge in [0.1, 0.15) is 5.82 Å². The molecule has 1 N–H and O–H groups in total. The molecule has 0 spiro atoms. The smallest absolute Gasteiger partial charge is 0.124 e. The van der Waals surface area contributed by atoms with Gasteiger partial charge in [-0.2, -0.15) is 0 Å². The Morgan fingerprint density at radius 3 is 2.56 bits per heavy atom. The number of hydrogen-bond donors (Lipinski definition) is 1. The van der Waals surface area contributed by atoms with Gasteiger partial charge in [0.25, 0.3) is 0 Å². The van der Waals surface area contributed by atoms with Crippen LogP contribution < -0.4 is 5.32 Å². The van der Waals surface area contributed by atoms with Gasteiger partial charge in [-0.3, -0.25) is 0 Å². The molecule has 2 rings (SSSR count). The molecule has 0 saturated heterocycles. The summed E-state index contributed by atoms with van der Waals surface area (Å²) in [5.74, 6) is -0.214. The first-order valence-electron chi connectivity index (χ1n) is 5.88. The van der Waals surface area contributed by atoms with E-state index in [0.717, 1.165) is 10.0 Å². The predicted molar refractivity (Wildman–Crippen MR) is 75.8 cm³/mol. The molecule has 1 nitrogen and oxygen atoms in total. The Labute approximate surface area is 115 Å². The van der Waals surface area contributed by atoms with Crippen molar-refractivity contribution in [3.05, 3.63) is 69.9 Å². The largest absolute Gasteiger partial charge is 0.306 e. The minimum Gasteiger partial charge on any atom is -0.306 e. The van der Waals surface area contributed by atoms with E-state index in [4.69, 9.17) is 0 Å². The van der Waals surface area contributed by atoms with Crippen LogP contribution in [-0.2, 0) is 6.54 Å². The minimum atomic E-state index is -0.214. The van der Waals surface area contributed by atoms with Crippen molar-refractivity contribution >= 4 is 15.9 Å². The zero-order valence-corrected chi connectivity index (χ0v) is 11.7. The van der Waals surface area contributed by atoms with Crippen molar-refractivity contribution in [1.82, 2.24) is 5.32 Å². The third-order valence-electron chi connectivity index (χ3n) is 2.83. The second-order valence-corrected chi connectivity index (χ2v) is 5.21. The molecular formula is C15H15BrFN. The average molecular weight is 308 g/mol. The highest BCUT2D eigenvalue weighted by atomic mass is 79.9. The fourth-order valence-corrected chi connectivity index (χ4v) is 2.36. The maximum atomic E-state index is 13.2. The maximum absolute atomic E-state index is 13.2. The first-order chi connectivity index (χ1) is 8.65. The summed E-state index contributed by atoms with van der Waals surface area (Å²) in [7, 11) is 0. The number of nitrogens with one attached hydrogen (secondary N) is 1. The van der Waals surface area contributed by atoms with Gasteiger partial charge in [-0.15, -0.1) is 0 Å². The quantitative estimate of drug-likeness (QED) is 0.880. The molecule has 0 fully saturated rings. The van der Waals surface area contributed by atoms with Crippen LogP contribution in [-0.4, -0.2) is 0 Å². The molecule has 18 heavy (non-hydrogen) atoms. The molecule has 2 aromatic carbocycles.